The van der Waals surface area contributed by atoms with E-state index in [9.17, 15) is 4.79 Å². The molecule has 3 nitrogen and oxygen atoms in total. The van der Waals surface area contributed by atoms with Crippen LogP contribution in [0.25, 0.3) is 0 Å². The first-order chi connectivity index (χ1) is 8.66. The molecular formula is C14H22N2OS. The average Bonchev–Trinajstić information content (AvgIpc) is 2.69. The van der Waals surface area contributed by atoms with E-state index in [1.807, 2.05) is 16.2 Å². The van der Waals surface area contributed by atoms with E-state index >= 15 is 0 Å². The van der Waals surface area contributed by atoms with Gasteiger partial charge in [-0.05, 0) is 44.7 Å². The second-order valence-corrected chi connectivity index (χ2v) is 6.34. The second kappa shape index (κ2) is 6.34. The van der Waals surface area contributed by atoms with Crippen LogP contribution in [0.1, 0.15) is 34.6 Å². The summed E-state index contributed by atoms with van der Waals surface area (Å²) in [5, 5.41) is 3.26. The topological polar surface area (TPSA) is 32.3 Å². The third-order valence-corrected chi connectivity index (χ3v) is 4.65. The van der Waals surface area contributed by atoms with E-state index in [1.54, 1.807) is 0 Å². The van der Waals surface area contributed by atoms with Gasteiger partial charge in [-0.2, -0.15) is 0 Å². The quantitative estimate of drug-likeness (QED) is 0.908. The van der Waals surface area contributed by atoms with Gasteiger partial charge in [0, 0.05) is 29.4 Å². The van der Waals surface area contributed by atoms with E-state index in [1.165, 1.54) is 21.7 Å². The minimum atomic E-state index is 0.250. The molecule has 1 aliphatic rings. The van der Waals surface area contributed by atoms with Gasteiger partial charge in [0.05, 0.1) is 6.54 Å². The van der Waals surface area contributed by atoms with Crippen molar-refractivity contribution in [1.29, 1.82) is 0 Å². The van der Waals surface area contributed by atoms with Crippen molar-refractivity contribution < 1.29 is 4.79 Å². The second-order valence-electron chi connectivity index (χ2n) is 5.00. The Morgan fingerprint density at radius 2 is 2.06 bits per heavy atom. The number of aryl methyl sites for hydroxylation is 2. The summed E-state index contributed by atoms with van der Waals surface area (Å²) in [7, 11) is 0. The minimum Gasteiger partial charge on any atom is -0.342 e. The molecule has 1 aromatic heterocycles. The smallest absolute Gasteiger partial charge is 0.236 e. The highest BCUT2D eigenvalue weighted by Gasteiger charge is 2.15. The number of rotatable bonds is 4. The van der Waals surface area contributed by atoms with Crippen molar-refractivity contribution in [3.8, 4) is 0 Å². The highest BCUT2D eigenvalue weighted by molar-refractivity contribution is 7.12. The van der Waals surface area contributed by atoms with Crippen molar-refractivity contribution in [2.24, 2.45) is 0 Å². The molecule has 2 rings (SSSR count). The zero-order chi connectivity index (χ0) is 13.0. The van der Waals surface area contributed by atoms with Crippen LogP contribution in [-0.4, -0.2) is 30.4 Å². The standard InChI is InChI=1S/C14H22N2OS/c1-11-8-13(18-12(11)2)9-15-10-14(17)16-6-4-3-5-7-16/h8,15H,3-7,9-10H2,1-2H3. The third kappa shape index (κ3) is 3.56. The number of likely N-dealkylation sites (tertiary alicyclic amines) is 1. The molecule has 1 amide bonds. The van der Waals surface area contributed by atoms with Gasteiger partial charge in [-0.3, -0.25) is 4.79 Å². The van der Waals surface area contributed by atoms with Crippen LogP contribution in [-0.2, 0) is 11.3 Å². The molecule has 0 saturated carbocycles. The fourth-order valence-corrected chi connectivity index (χ4v) is 3.31. The predicted molar refractivity (Wildman–Crippen MR) is 75.9 cm³/mol. The normalized spacial score (nSPS) is 16.0. The molecule has 18 heavy (non-hydrogen) atoms. The fourth-order valence-electron chi connectivity index (χ4n) is 2.28. The lowest BCUT2D eigenvalue weighted by Gasteiger charge is -2.26. The molecular weight excluding hydrogens is 244 g/mol. The van der Waals surface area contributed by atoms with Crippen LogP contribution < -0.4 is 5.32 Å². The molecule has 0 atom stereocenters. The van der Waals surface area contributed by atoms with E-state index in [0.717, 1.165) is 32.5 Å². The molecule has 1 aliphatic heterocycles. The summed E-state index contributed by atoms with van der Waals surface area (Å²) < 4.78 is 0. The Kier molecular flexibility index (Phi) is 4.78. The van der Waals surface area contributed by atoms with Crippen molar-refractivity contribution in [3.63, 3.8) is 0 Å². The number of carbonyl (C=O) groups is 1. The molecule has 0 radical (unpaired) electrons. The maximum Gasteiger partial charge on any atom is 0.236 e. The first kappa shape index (κ1) is 13.6. The molecule has 4 heteroatoms. The van der Waals surface area contributed by atoms with Crippen LogP contribution in [0.2, 0.25) is 0 Å². The Balaban J connectivity index is 1.72. The molecule has 100 valence electrons. The maximum absolute atomic E-state index is 11.9. The number of carbonyl (C=O) groups excluding carboxylic acids is 1. The van der Waals surface area contributed by atoms with Gasteiger partial charge in [0.2, 0.25) is 5.91 Å². The number of hydrogen-bond donors (Lipinski definition) is 1. The molecule has 1 N–H and O–H groups in total. The van der Waals surface area contributed by atoms with E-state index in [-0.39, 0.29) is 5.91 Å². The van der Waals surface area contributed by atoms with Gasteiger partial charge in [0.25, 0.3) is 0 Å². The van der Waals surface area contributed by atoms with Crippen molar-refractivity contribution in [3.05, 3.63) is 21.4 Å². The Bertz CT molecular complexity index is 388. The summed E-state index contributed by atoms with van der Waals surface area (Å²) in [6.07, 6.45) is 3.59. The van der Waals surface area contributed by atoms with Gasteiger partial charge in [-0.15, -0.1) is 11.3 Å². The maximum atomic E-state index is 11.9. The zero-order valence-electron chi connectivity index (χ0n) is 11.3. The number of thiophene rings is 1. The number of nitrogens with zero attached hydrogens (tertiary/aromatic N) is 1. The largest absolute Gasteiger partial charge is 0.342 e. The highest BCUT2D eigenvalue weighted by Crippen LogP contribution is 2.20. The summed E-state index contributed by atoms with van der Waals surface area (Å²) >= 11 is 1.81. The molecule has 0 aromatic carbocycles. The summed E-state index contributed by atoms with van der Waals surface area (Å²) in [5.74, 6) is 0.250. The summed E-state index contributed by atoms with van der Waals surface area (Å²) in [6.45, 7) is 7.43. The van der Waals surface area contributed by atoms with Gasteiger partial charge in [-0.1, -0.05) is 0 Å². The van der Waals surface area contributed by atoms with Gasteiger partial charge < -0.3 is 10.2 Å². The monoisotopic (exact) mass is 266 g/mol. The fraction of sp³-hybridized carbons (Fsp3) is 0.643. The van der Waals surface area contributed by atoms with E-state index < -0.39 is 0 Å². The van der Waals surface area contributed by atoms with Gasteiger partial charge in [-0.25, -0.2) is 0 Å². The lowest BCUT2D eigenvalue weighted by molar-refractivity contribution is -0.131. The molecule has 1 fully saturated rings. The van der Waals surface area contributed by atoms with Crippen LogP contribution in [0, 0.1) is 13.8 Å². The van der Waals surface area contributed by atoms with E-state index in [2.05, 4.69) is 25.2 Å². The highest BCUT2D eigenvalue weighted by atomic mass is 32.1. The lowest BCUT2D eigenvalue weighted by Crippen LogP contribution is -2.40. The Morgan fingerprint density at radius 1 is 1.33 bits per heavy atom. The summed E-state index contributed by atoms with van der Waals surface area (Å²) in [4.78, 5) is 16.6. The first-order valence-corrected chi connectivity index (χ1v) is 7.53. The SMILES string of the molecule is Cc1cc(CNCC(=O)N2CCCCC2)sc1C. The van der Waals surface area contributed by atoms with Gasteiger partial charge in [0.15, 0.2) is 0 Å². The molecule has 1 aromatic rings. The van der Waals surface area contributed by atoms with Crippen LogP contribution in [0.15, 0.2) is 6.07 Å². The molecule has 1 saturated heterocycles. The van der Waals surface area contributed by atoms with Crippen LogP contribution >= 0.6 is 11.3 Å². The number of amides is 1. The van der Waals surface area contributed by atoms with Crippen molar-refractivity contribution in [2.45, 2.75) is 39.7 Å². The summed E-state index contributed by atoms with van der Waals surface area (Å²) in [5.41, 5.74) is 1.35. The molecule has 0 bridgehead atoms. The van der Waals surface area contributed by atoms with E-state index in [0.29, 0.717) is 6.54 Å². The predicted octanol–water partition coefficient (Wildman–Crippen LogP) is 2.47. The molecule has 0 spiro atoms. The molecule has 2 heterocycles. The summed E-state index contributed by atoms with van der Waals surface area (Å²) in [6, 6.07) is 2.21. The van der Waals surface area contributed by atoms with Gasteiger partial charge >= 0.3 is 0 Å². The van der Waals surface area contributed by atoms with Crippen molar-refractivity contribution in [1.82, 2.24) is 10.2 Å². The number of hydrogen-bond acceptors (Lipinski definition) is 3. The van der Waals surface area contributed by atoms with Crippen LogP contribution in [0.5, 0.6) is 0 Å². The Hall–Kier alpha value is -0.870. The number of piperidine rings is 1. The zero-order valence-corrected chi connectivity index (χ0v) is 12.1. The van der Waals surface area contributed by atoms with Gasteiger partial charge in [0.1, 0.15) is 0 Å². The van der Waals surface area contributed by atoms with Crippen LogP contribution in [0.3, 0.4) is 0 Å². The van der Waals surface area contributed by atoms with Crippen LogP contribution in [0.4, 0.5) is 0 Å². The van der Waals surface area contributed by atoms with Crippen molar-refractivity contribution >= 4 is 17.2 Å². The Morgan fingerprint density at radius 3 is 2.67 bits per heavy atom. The lowest BCUT2D eigenvalue weighted by atomic mass is 10.1. The van der Waals surface area contributed by atoms with Crippen molar-refractivity contribution in [2.75, 3.05) is 19.6 Å². The Labute approximate surface area is 113 Å². The number of nitrogens with one attached hydrogen (secondary N) is 1. The average molecular weight is 266 g/mol. The van der Waals surface area contributed by atoms with E-state index in [4.69, 9.17) is 0 Å². The minimum absolute atomic E-state index is 0.250. The third-order valence-electron chi connectivity index (χ3n) is 3.50. The molecule has 0 unspecified atom stereocenters. The molecule has 0 aliphatic carbocycles. The first-order valence-electron chi connectivity index (χ1n) is 6.71.